The first-order valence-corrected chi connectivity index (χ1v) is 32.4. The summed E-state index contributed by atoms with van der Waals surface area (Å²) in [6.07, 6.45) is 60.9. The zero-order valence-electron chi connectivity index (χ0n) is 49.7. The summed E-state index contributed by atoms with van der Waals surface area (Å²) < 4.78 is 16.7. The highest BCUT2D eigenvalue weighted by atomic mass is 16.7. The van der Waals surface area contributed by atoms with Crippen molar-refractivity contribution in [1.29, 1.82) is 0 Å². The van der Waals surface area contributed by atoms with Crippen molar-refractivity contribution in [3.05, 3.63) is 48.6 Å². The molecule has 1 aliphatic heterocycles. The van der Waals surface area contributed by atoms with Crippen LogP contribution in [-0.2, 0) is 23.8 Å². The summed E-state index contributed by atoms with van der Waals surface area (Å²) in [5.41, 5.74) is 0. The largest absolute Gasteiger partial charge is 0.466 e. The first-order chi connectivity index (χ1) is 37.7. The van der Waals surface area contributed by atoms with Crippen LogP contribution in [0.3, 0.4) is 0 Å². The molecule has 0 aromatic rings. The van der Waals surface area contributed by atoms with Crippen molar-refractivity contribution in [3.8, 4) is 0 Å². The lowest BCUT2D eigenvalue weighted by Crippen LogP contribution is -2.60. The SMILES string of the molecule is CCCCC/C=C\C/C=C\CCCCCCCC(=O)OCCCCCCCCCCCCCC/C=C\CCCCCCCCCCCC(=O)NC(COC1OC(CO)C(O)C(O)C1O)C(O)/C=C/CCCCCCCCC. The minimum atomic E-state index is -1.57. The molecular weight excluding hydrogens is 967 g/mol. The van der Waals surface area contributed by atoms with Gasteiger partial charge in [-0.25, -0.2) is 0 Å². The third-order valence-corrected chi connectivity index (χ3v) is 15.2. The first-order valence-electron chi connectivity index (χ1n) is 32.4. The Morgan fingerprint density at radius 3 is 1.35 bits per heavy atom. The number of hydrogen-bond donors (Lipinski definition) is 6. The molecule has 1 amide bonds. The van der Waals surface area contributed by atoms with Crippen molar-refractivity contribution in [2.24, 2.45) is 0 Å². The van der Waals surface area contributed by atoms with Crippen LogP contribution in [0, 0.1) is 0 Å². The lowest BCUT2D eigenvalue weighted by molar-refractivity contribution is -0.302. The predicted octanol–water partition coefficient (Wildman–Crippen LogP) is 15.6. The van der Waals surface area contributed by atoms with E-state index in [1.165, 1.54) is 205 Å². The fourth-order valence-corrected chi connectivity index (χ4v) is 9.99. The summed E-state index contributed by atoms with van der Waals surface area (Å²) in [5, 5.41) is 54.2. The Bertz CT molecular complexity index is 1420. The lowest BCUT2D eigenvalue weighted by Gasteiger charge is -2.40. The molecule has 1 fully saturated rings. The maximum absolute atomic E-state index is 13.0. The van der Waals surface area contributed by atoms with Gasteiger partial charge in [-0.05, 0) is 89.9 Å². The van der Waals surface area contributed by atoms with Crippen molar-refractivity contribution < 1.29 is 49.3 Å². The van der Waals surface area contributed by atoms with Crippen LogP contribution in [-0.4, -0.2) is 100 Å². The van der Waals surface area contributed by atoms with Crippen LogP contribution in [0.2, 0.25) is 0 Å². The minimum absolute atomic E-state index is 0.0115. The molecule has 0 aromatic carbocycles. The molecule has 0 bridgehead atoms. The van der Waals surface area contributed by atoms with Crippen LogP contribution in [0.4, 0.5) is 0 Å². The molecule has 6 N–H and O–H groups in total. The summed E-state index contributed by atoms with van der Waals surface area (Å²) >= 11 is 0. The van der Waals surface area contributed by atoms with Crippen molar-refractivity contribution in [3.63, 3.8) is 0 Å². The second kappa shape index (κ2) is 55.5. The van der Waals surface area contributed by atoms with Crippen LogP contribution < -0.4 is 5.32 Å². The zero-order valence-corrected chi connectivity index (χ0v) is 49.7. The average molecular weight is 1090 g/mol. The van der Waals surface area contributed by atoms with Gasteiger partial charge >= 0.3 is 5.97 Å². The molecule has 1 heterocycles. The topological polar surface area (TPSA) is 175 Å². The van der Waals surface area contributed by atoms with Crippen LogP contribution in [0.1, 0.15) is 296 Å². The fraction of sp³-hybridized carbons (Fsp3) is 0.848. The van der Waals surface area contributed by atoms with Crippen molar-refractivity contribution in [2.45, 2.75) is 339 Å². The highest BCUT2D eigenvalue weighted by Gasteiger charge is 2.44. The van der Waals surface area contributed by atoms with E-state index in [-0.39, 0.29) is 18.5 Å². The summed E-state index contributed by atoms with van der Waals surface area (Å²) in [4.78, 5) is 25.1. The van der Waals surface area contributed by atoms with Crippen molar-refractivity contribution in [2.75, 3.05) is 19.8 Å². The maximum Gasteiger partial charge on any atom is 0.305 e. The minimum Gasteiger partial charge on any atom is -0.466 e. The Balaban J connectivity index is 1.97. The number of hydrogen-bond acceptors (Lipinski definition) is 10. The average Bonchev–Trinajstić information content (AvgIpc) is 3.43. The lowest BCUT2D eigenvalue weighted by atomic mass is 9.99. The van der Waals surface area contributed by atoms with Crippen LogP contribution >= 0.6 is 0 Å². The van der Waals surface area contributed by atoms with E-state index < -0.39 is 49.5 Å². The number of allylic oxidation sites excluding steroid dienone is 7. The Labute approximate surface area is 472 Å². The second-order valence-corrected chi connectivity index (χ2v) is 22.5. The molecule has 77 heavy (non-hydrogen) atoms. The van der Waals surface area contributed by atoms with E-state index in [9.17, 15) is 35.1 Å². The standard InChI is InChI=1S/C66H121NO10/c1-3-5-7-9-11-13-14-15-27-31-34-38-42-46-50-54-62(71)75-55-51-47-43-39-35-32-29-26-24-22-20-18-16-17-19-21-23-25-28-30-33-37-41-45-49-53-61(70)67-58(59(69)52-48-44-40-36-12-10-8-6-4-2)57-76-66-65(74)64(73)63(72)60(56-68)77-66/h11,13,15,17,19,27,48,52,58-60,63-66,68-69,72-74H,3-10,12,14,16,18,20-26,28-47,49-51,53-57H2,1-2H3,(H,67,70)/b13-11-,19-17-,27-15-,52-48+. The summed E-state index contributed by atoms with van der Waals surface area (Å²) in [7, 11) is 0. The van der Waals surface area contributed by atoms with Crippen LogP contribution in [0.15, 0.2) is 48.6 Å². The molecule has 0 spiro atoms. The molecular formula is C66H121NO10. The number of carbonyl (C=O) groups is 2. The van der Waals surface area contributed by atoms with Gasteiger partial charge in [-0.1, -0.05) is 242 Å². The van der Waals surface area contributed by atoms with E-state index in [2.05, 4.69) is 55.6 Å². The van der Waals surface area contributed by atoms with Gasteiger partial charge in [0.05, 0.1) is 32.0 Å². The van der Waals surface area contributed by atoms with Gasteiger partial charge in [-0.2, -0.15) is 0 Å². The van der Waals surface area contributed by atoms with Gasteiger partial charge in [0.2, 0.25) is 5.91 Å². The van der Waals surface area contributed by atoms with Crippen molar-refractivity contribution in [1.82, 2.24) is 5.32 Å². The van der Waals surface area contributed by atoms with Crippen LogP contribution in [0.5, 0.6) is 0 Å². The van der Waals surface area contributed by atoms with E-state index in [0.717, 1.165) is 64.2 Å². The Hall–Kier alpha value is -2.38. The molecule has 7 unspecified atom stereocenters. The fourth-order valence-electron chi connectivity index (χ4n) is 9.99. The Morgan fingerprint density at radius 2 is 0.870 bits per heavy atom. The van der Waals surface area contributed by atoms with E-state index in [0.29, 0.717) is 19.4 Å². The van der Waals surface area contributed by atoms with Gasteiger partial charge in [-0.15, -0.1) is 0 Å². The molecule has 1 saturated heterocycles. The molecule has 450 valence electrons. The zero-order chi connectivity index (χ0) is 55.9. The molecule has 1 aliphatic rings. The van der Waals surface area contributed by atoms with Crippen molar-refractivity contribution >= 4 is 11.9 Å². The van der Waals surface area contributed by atoms with Gasteiger partial charge < -0.3 is 45.1 Å². The number of aliphatic hydroxyl groups is 5. The summed E-state index contributed by atoms with van der Waals surface area (Å²) in [6.45, 7) is 4.29. The predicted molar refractivity (Wildman–Crippen MR) is 320 cm³/mol. The van der Waals surface area contributed by atoms with Crippen LogP contribution in [0.25, 0.3) is 0 Å². The molecule has 0 saturated carbocycles. The second-order valence-electron chi connectivity index (χ2n) is 22.5. The number of unbranched alkanes of at least 4 members (excludes halogenated alkanes) is 36. The number of nitrogens with one attached hydrogen (secondary N) is 1. The monoisotopic (exact) mass is 1090 g/mol. The molecule has 0 radical (unpaired) electrons. The van der Waals surface area contributed by atoms with Gasteiger partial charge in [0.15, 0.2) is 6.29 Å². The molecule has 7 atom stereocenters. The van der Waals surface area contributed by atoms with Gasteiger partial charge in [0, 0.05) is 12.8 Å². The Morgan fingerprint density at radius 1 is 0.481 bits per heavy atom. The molecule has 1 rings (SSSR count). The highest BCUT2D eigenvalue weighted by molar-refractivity contribution is 5.76. The summed E-state index contributed by atoms with van der Waals surface area (Å²) in [5.74, 6) is -0.199. The van der Waals surface area contributed by atoms with E-state index >= 15 is 0 Å². The molecule has 0 aromatic heterocycles. The normalized spacial score (nSPS) is 18.9. The van der Waals surface area contributed by atoms with E-state index in [4.69, 9.17) is 14.2 Å². The van der Waals surface area contributed by atoms with E-state index in [1.807, 2.05) is 6.08 Å². The first kappa shape index (κ1) is 72.6. The van der Waals surface area contributed by atoms with Gasteiger partial charge in [0.25, 0.3) is 0 Å². The van der Waals surface area contributed by atoms with Gasteiger partial charge in [-0.3, -0.25) is 9.59 Å². The summed E-state index contributed by atoms with van der Waals surface area (Å²) in [6, 6.07) is -0.811. The number of aliphatic hydroxyl groups excluding tert-OH is 5. The third kappa shape index (κ3) is 45.0. The maximum atomic E-state index is 13.0. The third-order valence-electron chi connectivity index (χ3n) is 15.2. The number of rotatable bonds is 56. The number of amides is 1. The Kier molecular flexibility index (Phi) is 52.4. The highest BCUT2D eigenvalue weighted by Crippen LogP contribution is 2.23. The number of esters is 1. The van der Waals surface area contributed by atoms with E-state index in [1.54, 1.807) is 6.08 Å². The quantitative estimate of drug-likeness (QED) is 0.0195. The smallest absolute Gasteiger partial charge is 0.305 e. The van der Waals surface area contributed by atoms with Gasteiger partial charge in [0.1, 0.15) is 24.4 Å². The number of carbonyl (C=O) groups excluding carboxylic acids is 2. The molecule has 11 nitrogen and oxygen atoms in total. The number of ether oxygens (including phenoxy) is 3. The molecule has 11 heteroatoms. The molecule has 0 aliphatic carbocycles.